The van der Waals surface area contributed by atoms with Crippen LogP contribution in [0.3, 0.4) is 0 Å². The van der Waals surface area contributed by atoms with E-state index in [0.29, 0.717) is 19.4 Å². The quantitative estimate of drug-likeness (QED) is 0.537. The van der Waals surface area contributed by atoms with Crippen molar-refractivity contribution in [1.29, 1.82) is 0 Å². The molecule has 0 radical (unpaired) electrons. The molecule has 0 unspecified atom stereocenters. The molecule has 4 bridgehead atoms. The number of aromatic amines is 1. The Kier molecular flexibility index (Phi) is 6.37. The van der Waals surface area contributed by atoms with Crippen LogP contribution < -0.4 is 15.0 Å². The van der Waals surface area contributed by atoms with Crippen molar-refractivity contribution in [3.8, 4) is 5.75 Å². The van der Waals surface area contributed by atoms with E-state index in [-0.39, 0.29) is 5.91 Å². The van der Waals surface area contributed by atoms with Gasteiger partial charge in [-0.2, -0.15) is 0 Å². The lowest BCUT2D eigenvalue weighted by atomic mass is 10.1. The molecular formula is C26H34N8O2. The first-order valence-corrected chi connectivity index (χ1v) is 12.9. The van der Waals surface area contributed by atoms with Crippen molar-refractivity contribution in [2.75, 3.05) is 76.2 Å². The Morgan fingerprint density at radius 3 is 2.61 bits per heavy atom. The molecule has 3 aromatic rings. The summed E-state index contributed by atoms with van der Waals surface area (Å²) in [5, 5.41) is 4.54. The fourth-order valence-electron chi connectivity index (χ4n) is 5.36. The number of hydrogen-bond acceptors (Lipinski definition) is 8. The summed E-state index contributed by atoms with van der Waals surface area (Å²) < 4.78 is 6.32. The van der Waals surface area contributed by atoms with Crippen molar-refractivity contribution in [3.63, 3.8) is 0 Å². The van der Waals surface area contributed by atoms with Crippen LogP contribution in [-0.2, 0) is 11.3 Å². The number of ether oxygens (including phenoxy) is 1. The highest BCUT2D eigenvalue weighted by Gasteiger charge is 2.23. The zero-order chi connectivity index (χ0) is 24.5. The molecule has 0 spiro atoms. The van der Waals surface area contributed by atoms with E-state index >= 15 is 0 Å². The number of nitrogens with one attached hydrogen (secondary N) is 2. The smallest absolute Gasteiger partial charge is 0.222 e. The third-order valence-electron chi connectivity index (χ3n) is 7.53. The molecule has 10 heteroatoms. The Morgan fingerprint density at radius 2 is 1.78 bits per heavy atom. The summed E-state index contributed by atoms with van der Waals surface area (Å²) in [5.74, 6) is 1.85. The van der Waals surface area contributed by atoms with Gasteiger partial charge in [0, 0.05) is 83.3 Å². The summed E-state index contributed by atoms with van der Waals surface area (Å²) >= 11 is 0. The maximum absolute atomic E-state index is 12.8. The second-order valence-electron chi connectivity index (χ2n) is 9.97. The van der Waals surface area contributed by atoms with Gasteiger partial charge in [0.05, 0.1) is 17.7 Å². The van der Waals surface area contributed by atoms with Gasteiger partial charge >= 0.3 is 0 Å². The Labute approximate surface area is 211 Å². The second-order valence-corrected chi connectivity index (χ2v) is 9.97. The van der Waals surface area contributed by atoms with Gasteiger partial charge in [-0.25, -0.2) is 9.97 Å². The van der Waals surface area contributed by atoms with Crippen molar-refractivity contribution in [2.24, 2.45) is 0 Å². The number of anilines is 3. The fraction of sp³-hybridized carbons (Fsp3) is 0.500. The van der Waals surface area contributed by atoms with Crippen LogP contribution in [0.15, 0.2) is 30.7 Å². The molecular weight excluding hydrogens is 456 g/mol. The maximum atomic E-state index is 12.8. The molecule has 10 nitrogen and oxygen atoms in total. The van der Waals surface area contributed by atoms with Crippen LogP contribution in [-0.4, -0.2) is 102 Å². The van der Waals surface area contributed by atoms with Gasteiger partial charge in [0.15, 0.2) is 0 Å². The molecule has 36 heavy (non-hydrogen) atoms. The minimum Gasteiger partial charge on any atom is -0.491 e. The van der Waals surface area contributed by atoms with Gasteiger partial charge in [-0.15, -0.1) is 0 Å². The Morgan fingerprint density at radius 1 is 0.972 bits per heavy atom. The summed E-state index contributed by atoms with van der Waals surface area (Å²) in [6.45, 7) is 8.52. The van der Waals surface area contributed by atoms with Crippen molar-refractivity contribution in [2.45, 2.75) is 19.4 Å². The van der Waals surface area contributed by atoms with E-state index in [0.717, 1.165) is 98.4 Å². The average Bonchev–Trinajstić information content (AvgIpc) is 3.31. The molecule has 6 heterocycles. The number of hydrogen-bond donors (Lipinski definition) is 2. The lowest BCUT2D eigenvalue weighted by Crippen LogP contribution is -2.48. The minimum atomic E-state index is 0.222. The zero-order valence-electron chi connectivity index (χ0n) is 20.9. The number of aromatic nitrogens is 3. The number of benzene rings is 1. The van der Waals surface area contributed by atoms with E-state index in [1.807, 2.05) is 11.1 Å². The highest BCUT2D eigenvalue weighted by molar-refractivity contribution is 5.92. The first-order chi connectivity index (χ1) is 17.6. The molecule has 1 aromatic carbocycles. The molecule has 4 aliphatic rings. The molecule has 2 saturated heterocycles. The first-order valence-electron chi connectivity index (χ1n) is 12.9. The predicted molar refractivity (Wildman–Crippen MR) is 140 cm³/mol. The molecule has 2 fully saturated rings. The average molecular weight is 491 g/mol. The number of H-pyrrole nitrogens is 1. The lowest BCUT2D eigenvalue weighted by Gasteiger charge is -2.35. The standard InChI is InChI=1S/C26H34N8O2/c1-31-6-10-33(11-7-31)21-5-4-20-15-22(21)36-14-2-3-23(35)34-12-8-32(9-13-34)17-19-16-27-25-24(19)26(30-20)29-18-28-25/h4-5,15-16,18H,2-3,6-14,17H2,1H3,(H2,27,28,29,30). The van der Waals surface area contributed by atoms with E-state index in [4.69, 9.17) is 4.74 Å². The van der Waals surface area contributed by atoms with Crippen molar-refractivity contribution < 1.29 is 9.53 Å². The van der Waals surface area contributed by atoms with E-state index < -0.39 is 0 Å². The number of amides is 1. The summed E-state index contributed by atoms with van der Waals surface area (Å²) in [6.07, 6.45) is 4.84. The molecule has 4 aliphatic heterocycles. The zero-order valence-corrected chi connectivity index (χ0v) is 20.9. The highest BCUT2D eigenvalue weighted by Crippen LogP contribution is 2.35. The summed E-state index contributed by atoms with van der Waals surface area (Å²) in [4.78, 5) is 34.3. The van der Waals surface area contributed by atoms with E-state index in [1.165, 1.54) is 0 Å². The van der Waals surface area contributed by atoms with Crippen LogP contribution in [0.5, 0.6) is 5.75 Å². The Hall–Kier alpha value is -3.37. The summed E-state index contributed by atoms with van der Waals surface area (Å²) in [7, 11) is 2.16. The van der Waals surface area contributed by atoms with Crippen molar-refractivity contribution >= 4 is 34.1 Å². The van der Waals surface area contributed by atoms with Crippen LogP contribution in [0.25, 0.3) is 11.0 Å². The number of piperazine rings is 2. The molecule has 190 valence electrons. The monoisotopic (exact) mass is 490 g/mol. The predicted octanol–water partition coefficient (Wildman–Crippen LogP) is 2.27. The molecule has 7 rings (SSSR count). The van der Waals surface area contributed by atoms with Gasteiger partial charge in [-0.1, -0.05) is 0 Å². The number of nitrogens with zero attached hydrogens (tertiary/aromatic N) is 6. The van der Waals surface area contributed by atoms with Gasteiger partial charge in [-0.3, -0.25) is 9.69 Å². The van der Waals surface area contributed by atoms with Crippen LogP contribution in [0.4, 0.5) is 17.2 Å². The van der Waals surface area contributed by atoms with Gasteiger partial charge in [0.2, 0.25) is 5.91 Å². The molecule has 1 amide bonds. The molecule has 0 aliphatic carbocycles. The van der Waals surface area contributed by atoms with Gasteiger partial charge in [0.1, 0.15) is 23.5 Å². The minimum absolute atomic E-state index is 0.222. The lowest BCUT2D eigenvalue weighted by molar-refractivity contribution is -0.133. The number of fused-ring (bicyclic) bond motifs is 6. The number of carbonyl (C=O) groups excluding carboxylic acids is 1. The van der Waals surface area contributed by atoms with E-state index in [2.05, 4.69) is 60.2 Å². The fourth-order valence-corrected chi connectivity index (χ4v) is 5.36. The van der Waals surface area contributed by atoms with Crippen molar-refractivity contribution in [3.05, 3.63) is 36.3 Å². The normalized spacial score (nSPS) is 20.3. The van der Waals surface area contributed by atoms with Gasteiger partial charge in [0.25, 0.3) is 0 Å². The third-order valence-corrected chi connectivity index (χ3v) is 7.53. The molecule has 2 aromatic heterocycles. The van der Waals surface area contributed by atoms with E-state index in [9.17, 15) is 4.79 Å². The topological polar surface area (TPSA) is 92.9 Å². The Bertz CT molecular complexity index is 1230. The van der Waals surface area contributed by atoms with Crippen molar-refractivity contribution in [1.82, 2.24) is 29.7 Å². The Balaban J connectivity index is 1.35. The van der Waals surface area contributed by atoms with Gasteiger partial charge < -0.3 is 29.7 Å². The number of carbonyl (C=O) groups is 1. The van der Waals surface area contributed by atoms with Crippen LogP contribution in [0.2, 0.25) is 0 Å². The van der Waals surface area contributed by atoms with Crippen LogP contribution in [0, 0.1) is 0 Å². The molecule has 0 atom stereocenters. The SMILES string of the molecule is CN1CCN(c2ccc3cc2OCCCC(=O)N2CCN(CC2)Cc2c[nH]c4ncnc(c24)N3)CC1. The van der Waals surface area contributed by atoms with Crippen LogP contribution >= 0.6 is 0 Å². The molecule has 2 N–H and O–H groups in total. The number of rotatable bonds is 1. The summed E-state index contributed by atoms with van der Waals surface area (Å²) in [6, 6.07) is 6.29. The largest absolute Gasteiger partial charge is 0.491 e. The van der Waals surface area contributed by atoms with Crippen LogP contribution in [0.1, 0.15) is 18.4 Å². The first kappa shape index (κ1) is 23.1. The number of likely N-dealkylation sites (N-methyl/N-ethyl adjacent to an activating group) is 1. The van der Waals surface area contributed by atoms with Gasteiger partial charge in [-0.05, 0) is 31.2 Å². The third kappa shape index (κ3) is 4.70. The highest BCUT2D eigenvalue weighted by atomic mass is 16.5. The van der Waals surface area contributed by atoms with E-state index in [1.54, 1.807) is 6.33 Å². The maximum Gasteiger partial charge on any atom is 0.222 e. The molecule has 0 saturated carbocycles. The second kappa shape index (κ2) is 9.94. The summed E-state index contributed by atoms with van der Waals surface area (Å²) in [5.41, 5.74) is 3.99.